The molecule has 3 heterocycles. The summed E-state index contributed by atoms with van der Waals surface area (Å²) in [5, 5.41) is 15.7. The maximum Gasteiger partial charge on any atom is 0.251 e. The highest BCUT2D eigenvalue weighted by Crippen LogP contribution is 2.21. The van der Waals surface area contributed by atoms with Crippen LogP contribution in [0.25, 0.3) is 17.0 Å². The van der Waals surface area contributed by atoms with Crippen LogP contribution in [0.5, 0.6) is 11.6 Å². The van der Waals surface area contributed by atoms with Gasteiger partial charge in [-0.05, 0) is 48.0 Å². The van der Waals surface area contributed by atoms with Crippen LogP contribution < -0.4 is 14.8 Å². The first-order chi connectivity index (χ1) is 17.2. The molecule has 0 aliphatic carbocycles. The lowest BCUT2D eigenvalue weighted by atomic mass is 10.1. The van der Waals surface area contributed by atoms with Crippen LogP contribution in [0.2, 0.25) is 0 Å². The smallest absolute Gasteiger partial charge is 0.251 e. The molecular formula is C25H23N7O3. The lowest BCUT2D eigenvalue weighted by molar-refractivity contribution is 0.0946. The molecule has 1 amide bonds. The second-order valence-electron chi connectivity index (χ2n) is 7.73. The molecule has 0 saturated carbocycles. The molecule has 0 aliphatic rings. The summed E-state index contributed by atoms with van der Waals surface area (Å²) < 4.78 is 14.5. The van der Waals surface area contributed by atoms with Crippen molar-refractivity contribution in [2.75, 3.05) is 20.3 Å². The van der Waals surface area contributed by atoms with E-state index >= 15 is 0 Å². The summed E-state index contributed by atoms with van der Waals surface area (Å²) in [4.78, 5) is 16.5. The molecule has 5 aromatic rings. The fraction of sp³-hybridized carbons (Fsp3) is 0.160. The van der Waals surface area contributed by atoms with Gasteiger partial charge in [0.25, 0.3) is 5.91 Å². The third-order valence-corrected chi connectivity index (χ3v) is 5.36. The van der Waals surface area contributed by atoms with Gasteiger partial charge in [-0.2, -0.15) is 4.52 Å². The number of benzene rings is 2. The van der Waals surface area contributed by atoms with Crippen molar-refractivity contribution < 1.29 is 14.3 Å². The lowest BCUT2D eigenvalue weighted by Crippen LogP contribution is -2.28. The standard InChI is InChI=1S/C25H23N7O3/c1-34-21-8-6-19(7-9-21)24-29-28-22-10-11-23(30-32(22)24)35-15-13-27-25(33)20-4-2-18(3-5-20)16-31-14-12-26-17-31/h2-12,14,17H,13,15-16H2,1H3,(H,27,33). The Kier molecular flexibility index (Phi) is 6.33. The van der Waals surface area contributed by atoms with Gasteiger partial charge in [0.2, 0.25) is 5.88 Å². The number of carbonyl (C=O) groups excluding carboxylic acids is 1. The average Bonchev–Trinajstić information content (AvgIpc) is 3.57. The van der Waals surface area contributed by atoms with Crippen molar-refractivity contribution in [2.24, 2.45) is 0 Å². The van der Waals surface area contributed by atoms with Crippen molar-refractivity contribution >= 4 is 11.6 Å². The van der Waals surface area contributed by atoms with Crippen molar-refractivity contribution in [2.45, 2.75) is 6.54 Å². The van der Waals surface area contributed by atoms with Crippen LogP contribution in [-0.2, 0) is 6.54 Å². The molecule has 2 aromatic carbocycles. The van der Waals surface area contributed by atoms with Crippen LogP contribution in [0, 0.1) is 0 Å². The predicted octanol–water partition coefficient (Wildman–Crippen LogP) is 2.85. The number of amides is 1. The second-order valence-corrected chi connectivity index (χ2v) is 7.73. The molecule has 10 heteroatoms. The normalized spacial score (nSPS) is 10.9. The first kappa shape index (κ1) is 22.1. The van der Waals surface area contributed by atoms with Crippen LogP contribution in [-0.4, -0.2) is 55.5 Å². The molecule has 1 N–H and O–H groups in total. The van der Waals surface area contributed by atoms with Crippen molar-refractivity contribution in [3.63, 3.8) is 0 Å². The quantitative estimate of drug-likeness (QED) is 0.331. The number of imidazole rings is 1. The van der Waals surface area contributed by atoms with E-state index in [9.17, 15) is 4.79 Å². The lowest BCUT2D eigenvalue weighted by Gasteiger charge is -2.08. The van der Waals surface area contributed by atoms with E-state index in [0.717, 1.165) is 16.9 Å². The molecule has 0 atom stereocenters. The molecule has 0 spiro atoms. The highest BCUT2D eigenvalue weighted by Gasteiger charge is 2.11. The molecule has 0 unspecified atom stereocenters. The van der Waals surface area contributed by atoms with Crippen molar-refractivity contribution in [3.05, 3.63) is 90.5 Å². The minimum Gasteiger partial charge on any atom is -0.497 e. The van der Waals surface area contributed by atoms with E-state index in [0.29, 0.717) is 36.0 Å². The summed E-state index contributed by atoms with van der Waals surface area (Å²) in [5.74, 6) is 1.60. The van der Waals surface area contributed by atoms with E-state index in [-0.39, 0.29) is 12.5 Å². The van der Waals surface area contributed by atoms with Gasteiger partial charge in [-0.25, -0.2) is 4.98 Å². The molecule has 176 valence electrons. The Morgan fingerprint density at radius 3 is 2.57 bits per heavy atom. The van der Waals surface area contributed by atoms with Gasteiger partial charge in [0.1, 0.15) is 12.4 Å². The van der Waals surface area contributed by atoms with Crippen LogP contribution in [0.15, 0.2) is 79.4 Å². The molecule has 0 fully saturated rings. The minimum atomic E-state index is -0.160. The SMILES string of the molecule is COc1ccc(-c2nnc3ccc(OCCNC(=O)c4ccc(Cn5ccnc5)cc4)nn23)cc1. The van der Waals surface area contributed by atoms with Gasteiger partial charge >= 0.3 is 0 Å². The summed E-state index contributed by atoms with van der Waals surface area (Å²) in [6.07, 6.45) is 5.40. The maximum atomic E-state index is 12.4. The highest BCUT2D eigenvalue weighted by molar-refractivity contribution is 5.94. The van der Waals surface area contributed by atoms with Crippen molar-refractivity contribution in [3.8, 4) is 23.0 Å². The molecule has 0 radical (unpaired) electrons. The number of aromatic nitrogens is 6. The number of hydrogen-bond acceptors (Lipinski definition) is 7. The van der Waals surface area contributed by atoms with Gasteiger partial charge < -0.3 is 19.4 Å². The fourth-order valence-corrected chi connectivity index (χ4v) is 3.54. The zero-order valence-electron chi connectivity index (χ0n) is 19.0. The molecule has 0 bridgehead atoms. The van der Waals surface area contributed by atoms with Crippen LogP contribution in [0.3, 0.4) is 0 Å². The second kappa shape index (κ2) is 10.0. The van der Waals surface area contributed by atoms with E-state index in [1.54, 1.807) is 36.3 Å². The topological polar surface area (TPSA) is 108 Å². The zero-order chi connectivity index (χ0) is 24.0. The molecule has 0 saturated heterocycles. The van der Waals surface area contributed by atoms with Gasteiger partial charge in [0.15, 0.2) is 11.5 Å². The van der Waals surface area contributed by atoms with Crippen molar-refractivity contribution in [1.29, 1.82) is 0 Å². The number of nitrogens with one attached hydrogen (secondary N) is 1. The number of carbonyl (C=O) groups is 1. The number of fused-ring (bicyclic) bond motifs is 1. The Bertz CT molecular complexity index is 1410. The number of nitrogens with zero attached hydrogens (tertiary/aromatic N) is 6. The molecule has 10 nitrogen and oxygen atoms in total. The van der Waals surface area contributed by atoms with E-state index in [4.69, 9.17) is 9.47 Å². The Hall–Kier alpha value is -4.73. The van der Waals surface area contributed by atoms with E-state index in [2.05, 4.69) is 25.6 Å². The highest BCUT2D eigenvalue weighted by atomic mass is 16.5. The van der Waals surface area contributed by atoms with Crippen LogP contribution in [0.4, 0.5) is 0 Å². The number of ether oxygens (including phenoxy) is 2. The van der Waals surface area contributed by atoms with Gasteiger partial charge in [-0.15, -0.1) is 15.3 Å². The number of rotatable bonds is 9. The fourth-order valence-electron chi connectivity index (χ4n) is 3.54. The van der Waals surface area contributed by atoms with E-state index < -0.39 is 0 Å². The Morgan fingerprint density at radius 2 is 1.83 bits per heavy atom. The summed E-state index contributed by atoms with van der Waals surface area (Å²) in [6, 6.07) is 18.5. The Morgan fingerprint density at radius 1 is 1.00 bits per heavy atom. The summed E-state index contributed by atoms with van der Waals surface area (Å²) in [6.45, 7) is 1.31. The van der Waals surface area contributed by atoms with Crippen LogP contribution >= 0.6 is 0 Å². The number of methoxy groups -OCH3 is 1. The van der Waals surface area contributed by atoms with Gasteiger partial charge in [0, 0.05) is 36.1 Å². The van der Waals surface area contributed by atoms with Crippen molar-refractivity contribution in [1.82, 2.24) is 34.7 Å². The number of hydrogen-bond donors (Lipinski definition) is 1. The average molecular weight is 470 g/mol. The maximum absolute atomic E-state index is 12.4. The minimum absolute atomic E-state index is 0.160. The van der Waals surface area contributed by atoms with Crippen LogP contribution in [0.1, 0.15) is 15.9 Å². The first-order valence-electron chi connectivity index (χ1n) is 11.0. The Labute approximate surface area is 201 Å². The summed E-state index contributed by atoms with van der Waals surface area (Å²) >= 11 is 0. The van der Waals surface area contributed by atoms with Gasteiger partial charge in [-0.1, -0.05) is 12.1 Å². The Balaban J connectivity index is 1.16. The zero-order valence-corrected chi connectivity index (χ0v) is 19.0. The van der Waals surface area contributed by atoms with Gasteiger partial charge in [-0.3, -0.25) is 4.79 Å². The monoisotopic (exact) mass is 469 g/mol. The molecule has 35 heavy (non-hydrogen) atoms. The summed E-state index contributed by atoms with van der Waals surface area (Å²) in [5.41, 5.74) is 3.14. The molecule has 3 aromatic heterocycles. The van der Waals surface area contributed by atoms with Gasteiger partial charge in [0.05, 0.1) is 20.0 Å². The molecular weight excluding hydrogens is 446 g/mol. The first-order valence-corrected chi connectivity index (χ1v) is 11.0. The van der Waals surface area contributed by atoms with E-state index in [1.807, 2.05) is 59.3 Å². The van der Waals surface area contributed by atoms with E-state index in [1.165, 1.54) is 0 Å². The summed E-state index contributed by atoms with van der Waals surface area (Å²) in [7, 11) is 1.62. The third-order valence-electron chi connectivity index (χ3n) is 5.36. The predicted molar refractivity (Wildman–Crippen MR) is 128 cm³/mol. The largest absolute Gasteiger partial charge is 0.497 e. The third kappa shape index (κ3) is 5.11. The molecule has 0 aliphatic heterocycles. The molecule has 5 rings (SSSR count).